The van der Waals surface area contributed by atoms with Crippen molar-refractivity contribution in [2.45, 2.75) is 32.9 Å². The van der Waals surface area contributed by atoms with E-state index in [1.807, 2.05) is 0 Å². The molecule has 0 aliphatic carbocycles. The van der Waals surface area contributed by atoms with E-state index in [0.29, 0.717) is 16.4 Å². The summed E-state index contributed by atoms with van der Waals surface area (Å²) in [6.45, 7) is 9.76. The van der Waals surface area contributed by atoms with E-state index in [-0.39, 0.29) is 35.0 Å². The maximum Gasteiger partial charge on any atom is 1.00 e. The first-order chi connectivity index (χ1) is 6.02. The van der Waals surface area contributed by atoms with Crippen LogP contribution in [0.15, 0.2) is 0 Å². The Hall–Kier alpha value is 1.03. The molecule has 0 aromatic carbocycles. The van der Waals surface area contributed by atoms with E-state index >= 15 is 0 Å². The summed E-state index contributed by atoms with van der Waals surface area (Å²) in [4.78, 5) is 4.61. The van der Waals surface area contributed by atoms with Crippen molar-refractivity contribution in [1.82, 2.24) is 9.80 Å². The topological polar surface area (TPSA) is 38.0 Å². The molecule has 0 amide bonds. The van der Waals surface area contributed by atoms with E-state index in [9.17, 15) is 0 Å². The van der Waals surface area contributed by atoms with Gasteiger partial charge >= 0.3 is 29.6 Å². The van der Waals surface area contributed by atoms with Crippen LogP contribution in [0.5, 0.6) is 0 Å². The second kappa shape index (κ2) is 8.17. The van der Waals surface area contributed by atoms with Crippen LogP contribution in [0.4, 0.5) is 0 Å². The Balaban J connectivity index is 0. The van der Waals surface area contributed by atoms with Crippen LogP contribution in [0.25, 0.3) is 0 Å². The molecule has 1 rings (SSSR count). The van der Waals surface area contributed by atoms with Crippen molar-refractivity contribution < 1.29 is 35.0 Å². The number of hydrogen-bond acceptors (Lipinski definition) is 3. The summed E-state index contributed by atoms with van der Waals surface area (Å²) in [7, 11) is 0. The molecule has 0 saturated carbocycles. The summed E-state index contributed by atoms with van der Waals surface area (Å²) < 4.78 is 0.621. The molecule has 15 heavy (non-hydrogen) atoms. The summed E-state index contributed by atoms with van der Waals surface area (Å²) >= 11 is 9.99. The third-order valence-electron chi connectivity index (χ3n) is 2.60. The Morgan fingerprint density at radius 3 is 2.27 bits per heavy atom. The summed E-state index contributed by atoms with van der Waals surface area (Å²) in [5.74, 6) is 0. The largest absolute Gasteiger partial charge is 1.00 e. The van der Waals surface area contributed by atoms with Crippen LogP contribution >= 0.6 is 12.2 Å². The van der Waals surface area contributed by atoms with Crippen molar-refractivity contribution >= 4 is 29.2 Å². The Labute approximate surface area is 126 Å². The molecule has 0 aromatic heterocycles. The molecule has 1 heterocycles. The van der Waals surface area contributed by atoms with Crippen molar-refractivity contribution in [2.24, 2.45) is 0 Å². The Morgan fingerprint density at radius 2 is 1.93 bits per heavy atom. The third kappa shape index (κ3) is 5.26. The number of nitrogens with zero attached hydrogens (tertiary/aromatic N) is 2. The van der Waals surface area contributed by atoms with Crippen LogP contribution in [0.2, 0.25) is 0 Å². The Kier molecular flexibility index (Phi) is 10.0. The molecule has 0 spiro atoms. The molecule has 1 saturated heterocycles. The van der Waals surface area contributed by atoms with Gasteiger partial charge in [0.15, 0.2) is 0 Å². The van der Waals surface area contributed by atoms with Crippen molar-refractivity contribution in [3.8, 4) is 0 Å². The fraction of sp³-hybridized carbons (Fsp3) is 0.889. The number of piperazine rings is 1. The molecule has 0 bridgehead atoms. The first-order valence-corrected chi connectivity index (χ1v) is 5.55. The maximum atomic E-state index is 4.99. The van der Waals surface area contributed by atoms with Crippen molar-refractivity contribution in [3.05, 3.63) is 0 Å². The van der Waals surface area contributed by atoms with Crippen molar-refractivity contribution in [2.75, 3.05) is 19.6 Å². The first-order valence-electron chi connectivity index (χ1n) is 4.74. The summed E-state index contributed by atoms with van der Waals surface area (Å²) in [6.07, 6.45) is 0. The maximum absolute atomic E-state index is 4.99. The van der Waals surface area contributed by atoms with Crippen LogP contribution in [-0.2, 0) is 12.6 Å². The van der Waals surface area contributed by atoms with E-state index in [1.165, 1.54) is 0 Å². The Morgan fingerprint density at radius 1 is 1.40 bits per heavy atom. The molecule has 0 radical (unpaired) electrons. The van der Waals surface area contributed by atoms with Crippen molar-refractivity contribution in [1.29, 1.82) is 0 Å². The van der Waals surface area contributed by atoms with E-state index < -0.39 is 0 Å². The quantitative estimate of drug-likeness (QED) is 0.294. The second-order valence-electron chi connectivity index (χ2n) is 3.89. The first kappa shape index (κ1) is 18.4. The van der Waals surface area contributed by atoms with Gasteiger partial charge in [-0.05, 0) is 20.8 Å². The summed E-state index contributed by atoms with van der Waals surface area (Å²) in [6, 6.07) is 1.19. The zero-order valence-corrected chi connectivity index (χ0v) is 13.6. The van der Waals surface area contributed by atoms with Gasteiger partial charge in [-0.1, -0.05) is 4.32 Å². The minimum Gasteiger partial charge on any atom is -0.412 e. The van der Waals surface area contributed by atoms with Crippen LogP contribution in [0, 0.1) is 0 Å². The molecule has 0 aromatic rings. The van der Waals surface area contributed by atoms with E-state index in [2.05, 4.69) is 30.6 Å². The zero-order chi connectivity index (χ0) is 10.0. The minimum absolute atomic E-state index is 0. The van der Waals surface area contributed by atoms with Crippen LogP contribution in [0.1, 0.15) is 20.8 Å². The third-order valence-corrected chi connectivity index (χ3v) is 3.12. The molecule has 1 atom stereocenters. The van der Waals surface area contributed by atoms with Gasteiger partial charge in [0.2, 0.25) is 0 Å². The predicted octanol–water partition coefficient (Wildman–Crippen LogP) is -2.59. The van der Waals surface area contributed by atoms with Gasteiger partial charge in [0, 0.05) is 31.7 Å². The second-order valence-corrected chi connectivity index (χ2v) is 4.92. The van der Waals surface area contributed by atoms with Gasteiger partial charge in [-0.2, -0.15) is 0 Å². The number of hydrogen-bond donors (Lipinski definition) is 0. The van der Waals surface area contributed by atoms with Crippen LogP contribution in [0.3, 0.4) is 0 Å². The Bertz CT molecular complexity index is 205. The minimum atomic E-state index is 0. The molecular weight excluding hydrogens is 239 g/mol. The smallest absolute Gasteiger partial charge is 0.412 e. The molecule has 1 aliphatic heterocycles. The van der Waals surface area contributed by atoms with Gasteiger partial charge < -0.3 is 35.2 Å². The monoisotopic (exact) mass is 258 g/mol. The predicted molar refractivity (Wildman–Crippen MR) is 66.5 cm³/mol. The number of thiocarbonyl (C=S) groups is 1. The fourth-order valence-electron chi connectivity index (χ4n) is 1.90. The average molecular weight is 258 g/mol. The van der Waals surface area contributed by atoms with Gasteiger partial charge in [-0.25, -0.2) is 0 Å². The molecule has 1 fully saturated rings. The average Bonchev–Trinajstić information content (AvgIpc) is 2.03. The fourth-order valence-corrected chi connectivity index (χ4v) is 2.24. The molecule has 2 N–H and O–H groups in total. The van der Waals surface area contributed by atoms with Gasteiger partial charge in [-0.15, -0.1) is 0 Å². The van der Waals surface area contributed by atoms with Gasteiger partial charge in [-0.3, -0.25) is 4.90 Å². The summed E-state index contributed by atoms with van der Waals surface area (Å²) in [5.41, 5.74) is 0. The van der Waals surface area contributed by atoms with E-state index in [0.717, 1.165) is 19.6 Å². The van der Waals surface area contributed by atoms with Gasteiger partial charge in [0.05, 0.1) is 0 Å². The molecule has 6 heteroatoms. The normalized spacial score (nSPS) is 21.9. The molecule has 84 valence electrons. The van der Waals surface area contributed by atoms with Crippen molar-refractivity contribution in [3.63, 3.8) is 0 Å². The molecule has 3 nitrogen and oxygen atoms in total. The van der Waals surface area contributed by atoms with E-state index in [4.69, 9.17) is 24.8 Å². The SMILES string of the molecule is CC(C)N1CCN(C(=S)[S-])CC1C.O.[Na+]. The number of rotatable bonds is 1. The van der Waals surface area contributed by atoms with E-state index in [1.54, 1.807) is 0 Å². The molecule has 1 aliphatic rings. The van der Waals surface area contributed by atoms with Gasteiger partial charge in [0.25, 0.3) is 0 Å². The molecular formula is C9H19N2NaOS2. The summed E-state index contributed by atoms with van der Waals surface area (Å²) in [5, 5.41) is 0. The zero-order valence-electron chi connectivity index (χ0n) is 9.99. The van der Waals surface area contributed by atoms with Crippen LogP contribution in [-0.4, -0.2) is 51.3 Å². The van der Waals surface area contributed by atoms with Crippen LogP contribution < -0.4 is 29.6 Å². The van der Waals surface area contributed by atoms with Gasteiger partial charge in [0.1, 0.15) is 0 Å². The standard InChI is InChI=1S/C9H18N2S2.Na.H2O/c1-7(2)11-5-4-10(9(12)13)6-8(11)3;;/h7-8H,4-6H2,1-3H3,(H,12,13);;1H2/q;+1;/p-1. The molecule has 1 unspecified atom stereocenters.